The van der Waals surface area contributed by atoms with Gasteiger partial charge in [0, 0.05) is 18.0 Å². The Morgan fingerprint density at radius 1 is 1.29 bits per heavy atom. The first kappa shape index (κ1) is 12.2. The molecule has 0 fully saturated rings. The van der Waals surface area contributed by atoms with Gasteiger partial charge in [0.25, 0.3) is 5.91 Å². The summed E-state index contributed by atoms with van der Waals surface area (Å²) in [5.74, 6) is 1.23. The Morgan fingerprint density at radius 2 is 1.94 bits per heavy atom. The second-order valence-corrected chi connectivity index (χ2v) is 5.52. The van der Waals surface area contributed by atoms with Crippen molar-refractivity contribution < 1.29 is 4.79 Å². The predicted octanol–water partition coefficient (Wildman–Crippen LogP) is 3.18. The van der Waals surface area contributed by atoms with Crippen LogP contribution in [-0.2, 0) is 0 Å². The average molecular weight is 231 g/mol. The Kier molecular flexibility index (Phi) is 3.23. The van der Waals surface area contributed by atoms with Gasteiger partial charge in [0.1, 0.15) is 0 Å². The van der Waals surface area contributed by atoms with Crippen molar-refractivity contribution in [3.05, 3.63) is 34.4 Å². The Balaban J connectivity index is 2.51. The molecule has 2 rings (SSSR count). The fourth-order valence-electron chi connectivity index (χ4n) is 2.84. The zero-order valence-electron chi connectivity index (χ0n) is 11.1. The van der Waals surface area contributed by atoms with Gasteiger partial charge in [-0.2, -0.15) is 0 Å². The number of hydrogen-bond acceptors (Lipinski definition) is 1. The number of carbonyl (C=O) groups is 1. The maximum Gasteiger partial charge on any atom is 0.251 e. The first-order valence-electron chi connectivity index (χ1n) is 6.39. The molecule has 1 aliphatic heterocycles. The van der Waals surface area contributed by atoms with Crippen molar-refractivity contribution in [2.45, 2.75) is 40.0 Å². The number of hydrogen-bond donors (Lipinski definition) is 1. The highest BCUT2D eigenvalue weighted by Gasteiger charge is 2.28. The van der Waals surface area contributed by atoms with E-state index in [1.807, 2.05) is 13.0 Å². The van der Waals surface area contributed by atoms with Crippen LogP contribution in [0.3, 0.4) is 0 Å². The lowest BCUT2D eigenvalue weighted by Crippen LogP contribution is -2.36. The van der Waals surface area contributed by atoms with Crippen LogP contribution in [0.25, 0.3) is 0 Å². The fourth-order valence-corrected chi connectivity index (χ4v) is 2.84. The number of aryl methyl sites for hydroxylation is 2. The standard InChI is InChI=1S/C15H21NO/c1-9(2)7-12-8-16-15(17)14-11(4)6-5-10(3)13(12)14/h5-6,9,12H,7-8H2,1-4H3,(H,16,17). The smallest absolute Gasteiger partial charge is 0.251 e. The molecule has 1 aliphatic rings. The van der Waals surface area contributed by atoms with Crippen molar-refractivity contribution in [3.8, 4) is 0 Å². The van der Waals surface area contributed by atoms with Crippen LogP contribution < -0.4 is 5.32 Å². The van der Waals surface area contributed by atoms with E-state index in [2.05, 4.69) is 32.2 Å². The van der Waals surface area contributed by atoms with Gasteiger partial charge in [-0.15, -0.1) is 0 Å². The van der Waals surface area contributed by atoms with Crippen molar-refractivity contribution >= 4 is 5.91 Å². The second-order valence-electron chi connectivity index (χ2n) is 5.52. The molecule has 0 aromatic heterocycles. The van der Waals surface area contributed by atoms with E-state index in [-0.39, 0.29) is 5.91 Å². The predicted molar refractivity (Wildman–Crippen MR) is 70.4 cm³/mol. The molecule has 17 heavy (non-hydrogen) atoms. The van der Waals surface area contributed by atoms with Gasteiger partial charge < -0.3 is 5.32 Å². The minimum absolute atomic E-state index is 0.0983. The third-order valence-corrected chi connectivity index (χ3v) is 3.57. The van der Waals surface area contributed by atoms with Crippen molar-refractivity contribution in [3.63, 3.8) is 0 Å². The maximum absolute atomic E-state index is 12.0. The molecule has 2 nitrogen and oxygen atoms in total. The van der Waals surface area contributed by atoms with Crippen LogP contribution in [0.2, 0.25) is 0 Å². The molecule has 1 heterocycles. The lowest BCUT2D eigenvalue weighted by atomic mass is 9.81. The van der Waals surface area contributed by atoms with Crippen LogP contribution in [0.15, 0.2) is 12.1 Å². The number of amides is 1. The minimum Gasteiger partial charge on any atom is -0.351 e. The number of nitrogens with one attached hydrogen (secondary N) is 1. The topological polar surface area (TPSA) is 29.1 Å². The highest BCUT2D eigenvalue weighted by molar-refractivity contribution is 5.98. The van der Waals surface area contributed by atoms with Crippen LogP contribution >= 0.6 is 0 Å². The van der Waals surface area contributed by atoms with Gasteiger partial charge in [0.05, 0.1) is 0 Å². The third-order valence-electron chi connectivity index (χ3n) is 3.57. The molecule has 2 heteroatoms. The lowest BCUT2D eigenvalue weighted by Gasteiger charge is -2.29. The Labute approximate surface area is 103 Å². The van der Waals surface area contributed by atoms with Crippen molar-refractivity contribution in [1.29, 1.82) is 0 Å². The molecule has 1 amide bonds. The normalized spacial score (nSPS) is 19.1. The fraction of sp³-hybridized carbons (Fsp3) is 0.533. The molecule has 1 atom stereocenters. The molecular weight excluding hydrogens is 210 g/mol. The molecule has 0 bridgehead atoms. The van der Waals surface area contributed by atoms with Crippen LogP contribution in [-0.4, -0.2) is 12.5 Å². The summed E-state index contributed by atoms with van der Waals surface area (Å²) in [5.41, 5.74) is 4.55. The quantitative estimate of drug-likeness (QED) is 0.832. The summed E-state index contributed by atoms with van der Waals surface area (Å²) in [7, 11) is 0. The van der Waals surface area contributed by atoms with Gasteiger partial charge >= 0.3 is 0 Å². The van der Waals surface area contributed by atoms with Crippen LogP contribution in [0, 0.1) is 19.8 Å². The Bertz CT molecular complexity index is 448. The molecule has 1 N–H and O–H groups in total. The second kappa shape index (κ2) is 4.52. The Morgan fingerprint density at radius 3 is 2.59 bits per heavy atom. The van der Waals surface area contributed by atoms with Gasteiger partial charge in [-0.25, -0.2) is 0 Å². The average Bonchev–Trinajstić information content (AvgIpc) is 2.25. The van der Waals surface area contributed by atoms with Crippen molar-refractivity contribution in [1.82, 2.24) is 5.32 Å². The number of benzene rings is 1. The Hall–Kier alpha value is -1.31. The lowest BCUT2D eigenvalue weighted by molar-refractivity contribution is 0.0937. The number of rotatable bonds is 2. The maximum atomic E-state index is 12.0. The molecule has 0 aliphatic carbocycles. The zero-order chi connectivity index (χ0) is 12.6. The molecular formula is C15H21NO. The van der Waals surface area contributed by atoms with Crippen molar-refractivity contribution in [2.24, 2.45) is 5.92 Å². The summed E-state index contributed by atoms with van der Waals surface area (Å²) >= 11 is 0. The van der Waals surface area contributed by atoms with Crippen LogP contribution in [0.4, 0.5) is 0 Å². The first-order valence-corrected chi connectivity index (χ1v) is 6.39. The molecule has 0 saturated heterocycles. The molecule has 1 unspecified atom stereocenters. The van der Waals surface area contributed by atoms with Crippen molar-refractivity contribution in [2.75, 3.05) is 6.54 Å². The van der Waals surface area contributed by atoms with E-state index in [9.17, 15) is 4.79 Å². The molecule has 0 radical (unpaired) electrons. The largest absolute Gasteiger partial charge is 0.351 e. The zero-order valence-corrected chi connectivity index (χ0v) is 11.1. The molecule has 1 aromatic rings. The highest BCUT2D eigenvalue weighted by Crippen LogP contribution is 2.33. The van der Waals surface area contributed by atoms with E-state index in [1.165, 1.54) is 11.1 Å². The summed E-state index contributed by atoms with van der Waals surface area (Å²) in [6, 6.07) is 4.19. The van der Waals surface area contributed by atoms with E-state index >= 15 is 0 Å². The number of carbonyl (C=O) groups excluding carboxylic acids is 1. The third kappa shape index (κ3) is 2.21. The summed E-state index contributed by atoms with van der Waals surface area (Å²) < 4.78 is 0. The van der Waals surface area contributed by atoms with Crippen LogP contribution in [0.1, 0.15) is 53.2 Å². The summed E-state index contributed by atoms with van der Waals surface area (Å²) in [5, 5.41) is 3.02. The molecule has 1 aromatic carbocycles. The summed E-state index contributed by atoms with van der Waals surface area (Å²) in [6.45, 7) is 9.40. The molecule has 0 saturated carbocycles. The van der Waals surface area contributed by atoms with Crippen LogP contribution in [0.5, 0.6) is 0 Å². The minimum atomic E-state index is 0.0983. The van der Waals surface area contributed by atoms with E-state index in [1.54, 1.807) is 0 Å². The van der Waals surface area contributed by atoms with Gasteiger partial charge in [-0.3, -0.25) is 4.79 Å². The molecule has 0 spiro atoms. The van der Waals surface area contributed by atoms with Gasteiger partial charge in [-0.05, 0) is 42.9 Å². The SMILES string of the molecule is Cc1ccc(C)c2c1C(=O)NCC2CC(C)C. The van der Waals surface area contributed by atoms with E-state index in [0.29, 0.717) is 11.8 Å². The summed E-state index contributed by atoms with van der Waals surface area (Å²) in [4.78, 5) is 12.0. The van der Waals surface area contributed by atoms with E-state index < -0.39 is 0 Å². The monoisotopic (exact) mass is 231 g/mol. The van der Waals surface area contributed by atoms with Gasteiger partial charge in [-0.1, -0.05) is 26.0 Å². The van der Waals surface area contributed by atoms with Gasteiger partial charge in [0.2, 0.25) is 0 Å². The first-order chi connectivity index (χ1) is 8.00. The van der Waals surface area contributed by atoms with Gasteiger partial charge in [0.15, 0.2) is 0 Å². The van der Waals surface area contributed by atoms with E-state index in [0.717, 1.165) is 24.1 Å². The highest BCUT2D eigenvalue weighted by atomic mass is 16.1. The summed E-state index contributed by atoms with van der Waals surface area (Å²) in [6.07, 6.45) is 1.14. The molecule has 92 valence electrons. The van der Waals surface area contributed by atoms with E-state index in [4.69, 9.17) is 0 Å². The number of fused-ring (bicyclic) bond motifs is 1.